The number of nitrogens with two attached hydrogens (primary N) is 1. The molecule has 0 aliphatic heterocycles. The monoisotopic (exact) mass is 320 g/mol. The van der Waals surface area contributed by atoms with Gasteiger partial charge in [-0.2, -0.15) is 0 Å². The molecule has 0 spiro atoms. The maximum Gasteiger partial charge on any atom is 0.404 e. The SMILES string of the molecule is NC(=O)OCCNCc1ccc(I)cc1. The third-order valence-electron chi connectivity index (χ3n) is 1.77. The van der Waals surface area contributed by atoms with Crippen LogP contribution in [0.3, 0.4) is 0 Å². The Labute approximate surface area is 102 Å². The largest absolute Gasteiger partial charge is 0.448 e. The van der Waals surface area contributed by atoms with Crippen LogP contribution in [0.15, 0.2) is 24.3 Å². The van der Waals surface area contributed by atoms with Gasteiger partial charge in [-0.05, 0) is 40.3 Å². The summed E-state index contributed by atoms with van der Waals surface area (Å²) >= 11 is 2.26. The smallest absolute Gasteiger partial charge is 0.404 e. The van der Waals surface area contributed by atoms with Gasteiger partial charge >= 0.3 is 6.09 Å². The molecule has 1 aromatic carbocycles. The molecule has 4 nitrogen and oxygen atoms in total. The maximum absolute atomic E-state index is 10.2. The predicted octanol–water partition coefficient (Wildman–Crippen LogP) is 1.48. The number of halogens is 1. The van der Waals surface area contributed by atoms with Gasteiger partial charge in [0.1, 0.15) is 6.61 Å². The Morgan fingerprint density at radius 2 is 2.07 bits per heavy atom. The summed E-state index contributed by atoms with van der Waals surface area (Å²) in [5.74, 6) is 0. The Hall–Kier alpha value is -0.820. The molecule has 3 N–H and O–H groups in total. The van der Waals surface area contributed by atoms with Gasteiger partial charge in [-0.1, -0.05) is 12.1 Å². The van der Waals surface area contributed by atoms with E-state index in [-0.39, 0.29) is 0 Å². The van der Waals surface area contributed by atoms with E-state index in [1.54, 1.807) is 0 Å². The minimum Gasteiger partial charge on any atom is -0.448 e. The van der Waals surface area contributed by atoms with Gasteiger partial charge in [-0.25, -0.2) is 4.79 Å². The highest BCUT2D eigenvalue weighted by Crippen LogP contribution is 2.06. The van der Waals surface area contributed by atoms with Gasteiger partial charge in [0.15, 0.2) is 0 Å². The number of amides is 1. The van der Waals surface area contributed by atoms with Crippen LogP contribution in [-0.4, -0.2) is 19.2 Å². The van der Waals surface area contributed by atoms with Crippen molar-refractivity contribution in [3.8, 4) is 0 Å². The molecule has 0 aromatic heterocycles. The van der Waals surface area contributed by atoms with Crippen LogP contribution >= 0.6 is 22.6 Å². The van der Waals surface area contributed by atoms with Crippen molar-refractivity contribution in [1.82, 2.24) is 5.32 Å². The molecule has 0 aliphatic carbocycles. The highest BCUT2D eigenvalue weighted by atomic mass is 127. The van der Waals surface area contributed by atoms with Crippen molar-refractivity contribution in [1.29, 1.82) is 0 Å². The first kappa shape index (κ1) is 12.3. The summed E-state index contributed by atoms with van der Waals surface area (Å²) in [5, 5.41) is 3.14. The third kappa shape index (κ3) is 5.58. The van der Waals surface area contributed by atoms with E-state index >= 15 is 0 Å². The lowest BCUT2D eigenvalue weighted by atomic mass is 10.2. The van der Waals surface area contributed by atoms with Crippen LogP contribution in [0, 0.1) is 3.57 Å². The minimum atomic E-state index is -0.730. The molecule has 0 radical (unpaired) electrons. The Balaban J connectivity index is 2.15. The molecule has 15 heavy (non-hydrogen) atoms. The summed E-state index contributed by atoms with van der Waals surface area (Å²) in [5.41, 5.74) is 6.02. The highest BCUT2D eigenvalue weighted by molar-refractivity contribution is 14.1. The van der Waals surface area contributed by atoms with Gasteiger partial charge < -0.3 is 15.8 Å². The first-order valence-electron chi connectivity index (χ1n) is 4.56. The van der Waals surface area contributed by atoms with E-state index in [4.69, 9.17) is 5.73 Å². The number of carbonyl (C=O) groups excluding carboxylic acids is 1. The Morgan fingerprint density at radius 1 is 1.40 bits per heavy atom. The number of benzene rings is 1. The van der Waals surface area contributed by atoms with Gasteiger partial charge in [-0.15, -0.1) is 0 Å². The lowest BCUT2D eigenvalue weighted by Gasteiger charge is -2.04. The number of rotatable bonds is 5. The summed E-state index contributed by atoms with van der Waals surface area (Å²) in [7, 11) is 0. The molecule has 0 bridgehead atoms. The van der Waals surface area contributed by atoms with E-state index in [0.29, 0.717) is 13.2 Å². The average Bonchev–Trinajstić information content (AvgIpc) is 2.20. The quantitative estimate of drug-likeness (QED) is 0.638. The number of primary amides is 1. The van der Waals surface area contributed by atoms with Crippen LogP contribution in [-0.2, 0) is 11.3 Å². The molecular weight excluding hydrogens is 307 g/mol. The van der Waals surface area contributed by atoms with Gasteiger partial charge in [0.25, 0.3) is 0 Å². The average molecular weight is 320 g/mol. The van der Waals surface area contributed by atoms with Crippen LogP contribution in [0.5, 0.6) is 0 Å². The van der Waals surface area contributed by atoms with E-state index in [0.717, 1.165) is 6.54 Å². The summed E-state index contributed by atoms with van der Waals surface area (Å²) in [6.45, 7) is 1.67. The van der Waals surface area contributed by atoms with Crippen molar-refractivity contribution in [2.24, 2.45) is 5.73 Å². The zero-order valence-corrected chi connectivity index (χ0v) is 10.4. The Kier molecular flexibility index (Phi) is 5.41. The molecule has 0 saturated heterocycles. The summed E-state index contributed by atoms with van der Waals surface area (Å²) in [4.78, 5) is 10.2. The fraction of sp³-hybridized carbons (Fsp3) is 0.300. The molecule has 0 fully saturated rings. The fourth-order valence-electron chi connectivity index (χ4n) is 1.06. The second-order valence-corrected chi connectivity index (χ2v) is 4.22. The summed E-state index contributed by atoms with van der Waals surface area (Å²) in [6, 6.07) is 8.22. The molecule has 0 heterocycles. The fourth-order valence-corrected chi connectivity index (χ4v) is 1.42. The van der Waals surface area contributed by atoms with E-state index < -0.39 is 6.09 Å². The van der Waals surface area contributed by atoms with E-state index in [1.807, 2.05) is 0 Å². The third-order valence-corrected chi connectivity index (χ3v) is 2.48. The normalized spacial score (nSPS) is 9.93. The number of nitrogens with one attached hydrogen (secondary N) is 1. The standard InChI is InChI=1S/C10H13IN2O2/c11-9-3-1-8(2-4-9)7-13-5-6-15-10(12)14/h1-4,13H,5-7H2,(H2,12,14). The van der Waals surface area contributed by atoms with Crippen molar-refractivity contribution in [2.45, 2.75) is 6.54 Å². The molecule has 1 rings (SSSR count). The van der Waals surface area contributed by atoms with Crippen LogP contribution in [0.2, 0.25) is 0 Å². The molecule has 0 atom stereocenters. The lowest BCUT2D eigenvalue weighted by Crippen LogP contribution is -2.23. The second kappa shape index (κ2) is 6.62. The molecular formula is C10H13IN2O2. The van der Waals surface area contributed by atoms with Crippen molar-refractivity contribution in [3.63, 3.8) is 0 Å². The maximum atomic E-state index is 10.2. The minimum absolute atomic E-state index is 0.305. The Morgan fingerprint density at radius 3 is 2.67 bits per heavy atom. The Bertz CT molecular complexity index is 314. The topological polar surface area (TPSA) is 64.4 Å². The zero-order valence-electron chi connectivity index (χ0n) is 8.20. The lowest BCUT2D eigenvalue weighted by molar-refractivity contribution is 0.157. The number of ether oxygens (including phenoxy) is 1. The molecule has 5 heteroatoms. The first-order chi connectivity index (χ1) is 7.18. The molecule has 82 valence electrons. The van der Waals surface area contributed by atoms with Gasteiger partial charge in [0, 0.05) is 16.7 Å². The molecule has 0 aliphatic rings. The van der Waals surface area contributed by atoms with E-state index in [9.17, 15) is 4.79 Å². The molecule has 1 aromatic rings. The van der Waals surface area contributed by atoms with Gasteiger partial charge in [-0.3, -0.25) is 0 Å². The van der Waals surface area contributed by atoms with Gasteiger partial charge in [0.2, 0.25) is 0 Å². The number of hydrogen-bond acceptors (Lipinski definition) is 3. The summed E-state index contributed by atoms with van der Waals surface area (Å²) in [6.07, 6.45) is -0.730. The summed E-state index contributed by atoms with van der Waals surface area (Å²) < 4.78 is 5.79. The molecule has 1 amide bonds. The first-order valence-corrected chi connectivity index (χ1v) is 5.64. The highest BCUT2D eigenvalue weighted by Gasteiger charge is 1.94. The number of hydrogen-bond donors (Lipinski definition) is 2. The van der Waals surface area contributed by atoms with E-state index in [2.05, 4.69) is 56.9 Å². The van der Waals surface area contributed by atoms with Crippen molar-refractivity contribution >= 4 is 28.7 Å². The second-order valence-electron chi connectivity index (χ2n) is 2.97. The van der Waals surface area contributed by atoms with Crippen LogP contribution in [0.25, 0.3) is 0 Å². The van der Waals surface area contributed by atoms with E-state index in [1.165, 1.54) is 9.13 Å². The van der Waals surface area contributed by atoms with Crippen molar-refractivity contribution < 1.29 is 9.53 Å². The zero-order chi connectivity index (χ0) is 11.1. The van der Waals surface area contributed by atoms with Gasteiger partial charge in [0.05, 0.1) is 0 Å². The molecule has 0 unspecified atom stereocenters. The number of carbonyl (C=O) groups is 1. The van der Waals surface area contributed by atoms with Crippen LogP contribution in [0.4, 0.5) is 4.79 Å². The van der Waals surface area contributed by atoms with Crippen LogP contribution < -0.4 is 11.1 Å². The van der Waals surface area contributed by atoms with Crippen LogP contribution in [0.1, 0.15) is 5.56 Å². The molecule has 0 saturated carbocycles. The van der Waals surface area contributed by atoms with Crippen molar-refractivity contribution in [3.05, 3.63) is 33.4 Å². The van der Waals surface area contributed by atoms with Crippen molar-refractivity contribution in [2.75, 3.05) is 13.2 Å². The predicted molar refractivity (Wildman–Crippen MR) is 66.4 cm³/mol.